The molecule has 0 spiro atoms. The predicted molar refractivity (Wildman–Crippen MR) is 65.4 cm³/mol. The molecule has 0 aromatic carbocycles. The van der Waals surface area contributed by atoms with Gasteiger partial charge in [0.2, 0.25) is 0 Å². The van der Waals surface area contributed by atoms with Gasteiger partial charge in [-0.25, -0.2) is 0 Å². The van der Waals surface area contributed by atoms with Gasteiger partial charge in [0.05, 0.1) is 13.2 Å². The predicted octanol–water partition coefficient (Wildman–Crippen LogP) is 2.48. The van der Waals surface area contributed by atoms with Crippen LogP contribution in [0, 0.1) is 5.92 Å². The molecule has 98 valence electrons. The topological polar surface area (TPSA) is 52.6 Å². The number of carbonyl (C=O) groups excluding carboxylic acids is 2. The lowest BCUT2D eigenvalue weighted by Crippen LogP contribution is -2.28. The molecule has 0 atom stereocenters. The highest BCUT2D eigenvalue weighted by atomic mass is 16.6. The third kappa shape index (κ3) is 6.76. The van der Waals surface area contributed by atoms with E-state index in [1.165, 1.54) is 0 Å². The van der Waals surface area contributed by atoms with E-state index >= 15 is 0 Å². The standard InChI is InChI=1S/C13H22O4/c1-4-7-8-11(12(14)16-9-5-2)13(15)17-10-6-3/h4,11H,1,5-10H2,2-3H3. The Kier molecular flexibility index (Phi) is 9.11. The van der Waals surface area contributed by atoms with Crippen molar-refractivity contribution < 1.29 is 19.1 Å². The number of allylic oxidation sites excluding steroid dienone is 1. The first kappa shape index (κ1) is 15.7. The molecule has 17 heavy (non-hydrogen) atoms. The highest BCUT2D eigenvalue weighted by Crippen LogP contribution is 2.12. The van der Waals surface area contributed by atoms with Crippen LogP contribution in [0.5, 0.6) is 0 Å². The van der Waals surface area contributed by atoms with Gasteiger partial charge < -0.3 is 9.47 Å². The van der Waals surface area contributed by atoms with Crippen LogP contribution < -0.4 is 0 Å². The van der Waals surface area contributed by atoms with Gasteiger partial charge in [-0.2, -0.15) is 0 Å². The lowest BCUT2D eigenvalue weighted by molar-refractivity contribution is -0.162. The zero-order valence-electron chi connectivity index (χ0n) is 10.7. The van der Waals surface area contributed by atoms with Crippen molar-refractivity contribution in [3.63, 3.8) is 0 Å². The summed E-state index contributed by atoms with van der Waals surface area (Å²) in [5.41, 5.74) is 0. The molecular weight excluding hydrogens is 220 g/mol. The van der Waals surface area contributed by atoms with Crippen LogP contribution in [0.15, 0.2) is 12.7 Å². The van der Waals surface area contributed by atoms with Crippen LogP contribution in [0.3, 0.4) is 0 Å². The van der Waals surface area contributed by atoms with E-state index in [-0.39, 0.29) is 0 Å². The van der Waals surface area contributed by atoms with Crippen LogP contribution in [0.25, 0.3) is 0 Å². The first-order chi connectivity index (χ1) is 8.17. The Morgan fingerprint density at radius 2 is 1.59 bits per heavy atom. The Labute approximate surface area is 103 Å². The average Bonchev–Trinajstić information content (AvgIpc) is 2.34. The van der Waals surface area contributed by atoms with E-state index in [9.17, 15) is 9.59 Å². The van der Waals surface area contributed by atoms with E-state index in [4.69, 9.17) is 9.47 Å². The maximum Gasteiger partial charge on any atom is 0.320 e. The van der Waals surface area contributed by atoms with Gasteiger partial charge in [0.25, 0.3) is 0 Å². The van der Waals surface area contributed by atoms with Gasteiger partial charge >= 0.3 is 11.9 Å². The molecule has 0 fully saturated rings. The second-order valence-corrected chi connectivity index (χ2v) is 3.75. The SMILES string of the molecule is C=CCCC(C(=O)OCCC)C(=O)OCCC. The zero-order valence-corrected chi connectivity index (χ0v) is 10.7. The number of rotatable bonds is 9. The fourth-order valence-electron chi connectivity index (χ4n) is 1.22. The lowest BCUT2D eigenvalue weighted by Gasteiger charge is -2.14. The molecule has 0 unspecified atom stereocenters. The molecule has 0 radical (unpaired) electrons. The first-order valence-electron chi connectivity index (χ1n) is 6.11. The normalized spacial score (nSPS) is 10.1. The number of esters is 2. The molecule has 0 aromatic rings. The summed E-state index contributed by atoms with van der Waals surface area (Å²) in [4.78, 5) is 23.3. The molecule has 0 aliphatic rings. The molecule has 0 rings (SSSR count). The number of hydrogen-bond donors (Lipinski definition) is 0. The Bertz CT molecular complexity index is 228. The quantitative estimate of drug-likeness (QED) is 0.354. The minimum Gasteiger partial charge on any atom is -0.465 e. The summed E-state index contributed by atoms with van der Waals surface area (Å²) in [7, 11) is 0. The second kappa shape index (κ2) is 9.87. The Morgan fingerprint density at radius 3 is 1.94 bits per heavy atom. The van der Waals surface area contributed by atoms with Crippen LogP contribution in [0.4, 0.5) is 0 Å². The third-order valence-electron chi connectivity index (χ3n) is 2.13. The Balaban J connectivity index is 4.33. The molecule has 4 heteroatoms. The molecule has 0 aromatic heterocycles. The number of ether oxygens (including phenoxy) is 2. The summed E-state index contributed by atoms with van der Waals surface area (Å²) in [5.74, 6) is -1.80. The summed E-state index contributed by atoms with van der Waals surface area (Å²) < 4.78 is 9.95. The molecule has 4 nitrogen and oxygen atoms in total. The molecule has 0 heterocycles. The first-order valence-corrected chi connectivity index (χ1v) is 6.11. The van der Waals surface area contributed by atoms with Crippen molar-refractivity contribution in [2.75, 3.05) is 13.2 Å². The molecule has 0 N–H and O–H groups in total. The van der Waals surface area contributed by atoms with E-state index in [1.807, 2.05) is 13.8 Å². The summed E-state index contributed by atoms with van der Waals surface area (Å²) >= 11 is 0. The minimum atomic E-state index is -0.814. The molecule has 0 saturated carbocycles. The van der Waals surface area contributed by atoms with Crippen LogP contribution >= 0.6 is 0 Å². The minimum absolute atomic E-state index is 0.338. The monoisotopic (exact) mass is 242 g/mol. The van der Waals surface area contributed by atoms with Crippen molar-refractivity contribution in [1.29, 1.82) is 0 Å². The molecule has 0 amide bonds. The maximum absolute atomic E-state index is 11.7. The summed E-state index contributed by atoms with van der Waals surface area (Å²) in [5, 5.41) is 0. The van der Waals surface area contributed by atoms with Gasteiger partial charge in [0.15, 0.2) is 5.92 Å². The largest absolute Gasteiger partial charge is 0.465 e. The van der Waals surface area contributed by atoms with Crippen LogP contribution in [0.2, 0.25) is 0 Å². The van der Waals surface area contributed by atoms with Gasteiger partial charge in [-0.15, -0.1) is 6.58 Å². The summed E-state index contributed by atoms with van der Waals surface area (Å²) in [6, 6.07) is 0. The Hall–Kier alpha value is -1.32. The van der Waals surface area contributed by atoms with E-state index in [0.29, 0.717) is 26.1 Å². The maximum atomic E-state index is 11.7. The van der Waals surface area contributed by atoms with Crippen molar-refractivity contribution >= 4 is 11.9 Å². The molecule has 0 aliphatic heterocycles. The Morgan fingerprint density at radius 1 is 1.12 bits per heavy atom. The molecule has 0 saturated heterocycles. The highest BCUT2D eigenvalue weighted by molar-refractivity contribution is 5.94. The van der Waals surface area contributed by atoms with E-state index in [2.05, 4.69) is 6.58 Å². The van der Waals surface area contributed by atoms with Gasteiger partial charge in [0.1, 0.15) is 0 Å². The van der Waals surface area contributed by atoms with Crippen molar-refractivity contribution in [2.45, 2.75) is 39.5 Å². The lowest BCUT2D eigenvalue weighted by atomic mass is 10.0. The van der Waals surface area contributed by atoms with Gasteiger partial charge in [-0.3, -0.25) is 9.59 Å². The van der Waals surface area contributed by atoms with Gasteiger partial charge in [-0.05, 0) is 25.7 Å². The second-order valence-electron chi connectivity index (χ2n) is 3.75. The average molecular weight is 242 g/mol. The fourth-order valence-corrected chi connectivity index (χ4v) is 1.22. The van der Waals surface area contributed by atoms with Crippen LogP contribution in [-0.4, -0.2) is 25.2 Å². The van der Waals surface area contributed by atoms with Crippen molar-refractivity contribution in [3.8, 4) is 0 Å². The van der Waals surface area contributed by atoms with Gasteiger partial charge in [0, 0.05) is 0 Å². The zero-order chi connectivity index (χ0) is 13.1. The number of carbonyl (C=O) groups is 2. The van der Waals surface area contributed by atoms with Crippen LogP contribution in [-0.2, 0) is 19.1 Å². The van der Waals surface area contributed by atoms with Crippen molar-refractivity contribution in [2.24, 2.45) is 5.92 Å². The van der Waals surface area contributed by atoms with E-state index in [0.717, 1.165) is 12.8 Å². The number of hydrogen-bond acceptors (Lipinski definition) is 4. The van der Waals surface area contributed by atoms with Crippen molar-refractivity contribution in [1.82, 2.24) is 0 Å². The molecule has 0 bridgehead atoms. The van der Waals surface area contributed by atoms with Gasteiger partial charge in [-0.1, -0.05) is 19.9 Å². The molecule has 0 aliphatic carbocycles. The molecular formula is C13H22O4. The van der Waals surface area contributed by atoms with Crippen LogP contribution in [0.1, 0.15) is 39.5 Å². The van der Waals surface area contributed by atoms with E-state index in [1.54, 1.807) is 6.08 Å². The summed E-state index contributed by atoms with van der Waals surface area (Å²) in [6.07, 6.45) is 4.14. The van der Waals surface area contributed by atoms with Crippen molar-refractivity contribution in [3.05, 3.63) is 12.7 Å². The van der Waals surface area contributed by atoms with E-state index < -0.39 is 17.9 Å². The third-order valence-corrected chi connectivity index (χ3v) is 2.13. The highest BCUT2D eigenvalue weighted by Gasteiger charge is 2.28. The summed E-state index contributed by atoms with van der Waals surface area (Å²) in [6.45, 7) is 8.06. The smallest absolute Gasteiger partial charge is 0.320 e. The fraction of sp³-hybridized carbons (Fsp3) is 0.692.